The second-order valence-electron chi connectivity index (χ2n) is 7.72. The first-order valence-corrected chi connectivity index (χ1v) is 10.6. The summed E-state index contributed by atoms with van der Waals surface area (Å²) in [5.41, 5.74) is 1.26. The number of anilines is 1. The van der Waals surface area contributed by atoms with Crippen molar-refractivity contribution >= 4 is 11.6 Å². The lowest BCUT2D eigenvalue weighted by Gasteiger charge is -2.37. The van der Waals surface area contributed by atoms with Gasteiger partial charge in [-0.15, -0.1) is 0 Å². The molecule has 0 aromatic heterocycles. The number of nitrogens with zero attached hydrogens (tertiary/aromatic N) is 4. The molecule has 0 bridgehead atoms. The molecule has 0 amide bonds. The number of rotatable bonds is 10. The summed E-state index contributed by atoms with van der Waals surface area (Å²) in [6.45, 7) is 6.23. The van der Waals surface area contributed by atoms with E-state index >= 15 is 0 Å². The first kappa shape index (κ1) is 22.3. The Morgan fingerprint density at radius 1 is 1.00 bits per heavy atom. The van der Waals surface area contributed by atoms with Gasteiger partial charge in [-0.05, 0) is 57.7 Å². The zero-order valence-corrected chi connectivity index (χ0v) is 18.3. The van der Waals surface area contributed by atoms with Crippen LogP contribution in [0.2, 0.25) is 0 Å². The van der Waals surface area contributed by atoms with E-state index in [-0.39, 0.29) is 0 Å². The number of hydrogen-bond donors (Lipinski definition) is 1. The zero-order valence-electron chi connectivity index (χ0n) is 18.3. The van der Waals surface area contributed by atoms with Gasteiger partial charge in [0.05, 0.1) is 7.11 Å². The van der Waals surface area contributed by atoms with E-state index in [0.717, 1.165) is 44.4 Å². The second kappa shape index (κ2) is 12.5. The Balaban J connectivity index is 1.63. The van der Waals surface area contributed by atoms with Gasteiger partial charge in [0.25, 0.3) is 0 Å². The van der Waals surface area contributed by atoms with Gasteiger partial charge in [0.2, 0.25) is 0 Å². The second-order valence-corrected chi connectivity index (χ2v) is 7.72. The van der Waals surface area contributed by atoms with Gasteiger partial charge >= 0.3 is 0 Å². The minimum atomic E-state index is 0.907. The molecule has 28 heavy (non-hydrogen) atoms. The van der Waals surface area contributed by atoms with E-state index in [4.69, 9.17) is 4.74 Å². The SMILES string of the molecule is CN=C(NCCCCCCCN(C)C)N1CCN(c2ccc(OC)cc2)CC1. The molecule has 6 nitrogen and oxygen atoms in total. The van der Waals surface area contributed by atoms with Crippen molar-refractivity contribution in [1.29, 1.82) is 0 Å². The maximum Gasteiger partial charge on any atom is 0.193 e. The molecule has 158 valence electrons. The summed E-state index contributed by atoms with van der Waals surface area (Å²) in [4.78, 5) is 11.6. The molecule has 0 spiro atoms. The van der Waals surface area contributed by atoms with E-state index in [0.29, 0.717) is 0 Å². The lowest BCUT2D eigenvalue weighted by atomic mass is 10.1. The lowest BCUT2D eigenvalue weighted by Crippen LogP contribution is -2.52. The zero-order chi connectivity index (χ0) is 20.2. The van der Waals surface area contributed by atoms with Crippen LogP contribution in [0, 0.1) is 0 Å². The Morgan fingerprint density at radius 2 is 1.64 bits per heavy atom. The summed E-state index contributed by atoms with van der Waals surface area (Å²) >= 11 is 0. The molecular formula is C22H39N5O. The van der Waals surface area contributed by atoms with Gasteiger partial charge in [-0.3, -0.25) is 4.99 Å². The highest BCUT2D eigenvalue weighted by molar-refractivity contribution is 5.80. The Morgan fingerprint density at radius 3 is 2.25 bits per heavy atom. The summed E-state index contributed by atoms with van der Waals surface area (Å²) in [7, 11) is 7.88. The molecule has 1 aliphatic rings. The molecule has 0 atom stereocenters. The average molecular weight is 390 g/mol. The van der Waals surface area contributed by atoms with Crippen molar-refractivity contribution in [2.45, 2.75) is 32.1 Å². The monoisotopic (exact) mass is 389 g/mol. The van der Waals surface area contributed by atoms with Gasteiger partial charge in [-0.25, -0.2) is 0 Å². The Bertz CT molecular complexity index is 565. The minimum absolute atomic E-state index is 0.907. The van der Waals surface area contributed by atoms with Crippen LogP contribution in [0.4, 0.5) is 5.69 Å². The smallest absolute Gasteiger partial charge is 0.193 e. The Hall–Kier alpha value is -1.95. The van der Waals surface area contributed by atoms with Crippen molar-refractivity contribution in [1.82, 2.24) is 15.1 Å². The average Bonchev–Trinajstić information content (AvgIpc) is 2.73. The van der Waals surface area contributed by atoms with E-state index < -0.39 is 0 Å². The number of benzene rings is 1. The van der Waals surface area contributed by atoms with Gasteiger partial charge in [-0.2, -0.15) is 0 Å². The van der Waals surface area contributed by atoms with Crippen LogP contribution < -0.4 is 15.0 Å². The first-order valence-electron chi connectivity index (χ1n) is 10.6. The molecule has 1 aliphatic heterocycles. The Labute approximate surface area is 171 Å². The molecule has 1 N–H and O–H groups in total. The van der Waals surface area contributed by atoms with Crippen molar-refractivity contribution in [2.24, 2.45) is 4.99 Å². The van der Waals surface area contributed by atoms with Gasteiger partial charge in [0.1, 0.15) is 5.75 Å². The third kappa shape index (κ3) is 7.58. The topological polar surface area (TPSA) is 43.3 Å². The number of methoxy groups -OCH3 is 1. The summed E-state index contributed by atoms with van der Waals surface area (Å²) in [6, 6.07) is 8.34. The van der Waals surface area contributed by atoms with Crippen LogP contribution in [-0.4, -0.2) is 83.3 Å². The number of guanidine groups is 1. The van der Waals surface area contributed by atoms with Crippen LogP contribution in [0.3, 0.4) is 0 Å². The molecular weight excluding hydrogens is 350 g/mol. The highest BCUT2D eigenvalue weighted by atomic mass is 16.5. The molecule has 1 heterocycles. The number of hydrogen-bond acceptors (Lipinski definition) is 4. The predicted molar refractivity (Wildman–Crippen MR) is 120 cm³/mol. The fourth-order valence-electron chi connectivity index (χ4n) is 3.59. The molecule has 2 rings (SSSR count). The van der Waals surface area contributed by atoms with E-state index in [1.54, 1.807) is 7.11 Å². The number of unbranched alkanes of at least 4 members (excludes halogenated alkanes) is 4. The molecule has 1 aromatic rings. The van der Waals surface area contributed by atoms with Crippen LogP contribution in [0.1, 0.15) is 32.1 Å². The summed E-state index contributed by atoms with van der Waals surface area (Å²) < 4.78 is 5.25. The van der Waals surface area contributed by atoms with Crippen molar-refractivity contribution < 1.29 is 4.74 Å². The van der Waals surface area contributed by atoms with Crippen molar-refractivity contribution in [3.63, 3.8) is 0 Å². The maximum atomic E-state index is 5.25. The van der Waals surface area contributed by atoms with Crippen molar-refractivity contribution in [3.8, 4) is 5.75 Å². The molecule has 1 saturated heterocycles. The molecule has 0 unspecified atom stereocenters. The summed E-state index contributed by atoms with van der Waals surface area (Å²) in [5, 5.41) is 3.55. The van der Waals surface area contributed by atoms with Crippen molar-refractivity contribution in [2.75, 3.05) is 72.4 Å². The Kier molecular flexibility index (Phi) is 9.97. The maximum absolute atomic E-state index is 5.25. The fraction of sp³-hybridized carbons (Fsp3) is 0.682. The normalized spacial score (nSPS) is 15.2. The highest BCUT2D eigenvalue weighted by Gasteiger charge is 2.19. The van der Waals surface area contributed by atoms with E-state index in [2.05, 4.69) is 51.2 Å². The lowest BCUT2D eigenvalue weighted by molar-refractivity contribution is 0.371. The van der Waals surface area contributed by atoms with Crippen LogP contribution >= 0.6 is 0 Å². The van der Waals surface area contributed by atoms with Gasteiger partial charge < -0.3 is 24.8 Å². The quantitative estimate of drug-likeness (QED) is 0.379. The molecule has 0 aliphatic carbocycles. The predicted octanol–water partition coefficient (Wildman–Crippen LogP) is 2.90. The van der Waals surface area contributed by atoms with Crippen LogP contribution in [0.25, 0.3) is 0 Å². The largest absolute Gasteiger partial charge is 0.497 e. The standard InChI is InChI=1S/C22H39N5O/c1-23-22(24-14-8-6-5-7-9-15-25(2)3)27-18-16-26(17-19-27)20-10-12-21(28-4)13-11-20/h10-13H,5-9,14-19H2,1-4H3,(H,23,24). The first-order chi connectivity index (χ1) is 13.6. The van der Waals surface area contributed by atoms with Crippen LogP contribution in [0.5, 0.6) is 5.75 Å². The third-order valence-electron chi connectivity index (χ3n) is 5.29. The number of aliphatic imine (C=N–C) groups is 1. The van der Waals surface area contributed by atoms with Crippen LogP contribution in [0.15, 0.2) is 29.3 Å². The molecule has 1 fully saturated rings. The van der Waals surface area contributed by atoms with E-state index in [9.17, 15) is 0 Å². The number of ether oxygens (including phenoxy) is 1. The van der Waals surface area contributed by atoms with Gasteiger partial charge in [0, 0.05) is 45.5 Å². The molecule has 6 heteroatoms. The third-order valence-corrected chi connectivity index (χ3v) is 5.29. The fourth-order valence-corrected chi connectivity index (χ4v) is 3.59. The molecule has 0 saturated carbocycles. The summed E-state index contributed by atoms with van der Waals surface area (Å²) in [6.07, 6.45) is 6.48. The minimum Gasteiger partial charge on any atom is -0.497 e. The van der Waals surface area contributed by atoms with E-state index in [1.807, 2.05) is 19.2 Å². The molecule has 0 radical (unpaired) electrons. The van der Waals surface area contributed by atoms with E-state index in [1.165, 1.54) is 44.3 Å². The molecule has 1 aromatic carbocycles. The number of piperazine rings is 1. The van der Waals surface area contributed by atoms with Crippen LogP contribution in [-0.2, 0) is 0 Å². The summed E-state index contributed by atoms with van der Waals surface area (Å²) in [5.74, 6) is 1.95. The van der Waals surface area contributed by atoms with Gasteiger partial charge in [0.15, 0.2) is 5.96 Å². The number of nitrogens with one attached hydrogen (secondary N) is 1. The highest BCUT2D eigenvalue weighted by Crippen LogP contribution is 2.20. The van der Waals surface area contributed by atoms with Crippen molar-refractivity contribution in [3.05, 3.63) is 24.3 Å². The van der Waals surface area contributed by atoms with Gasteiger partial charge in [-0.1, -0.05) is 19.3 Å².